The molecule has 0 bridgehead atoms. The van der Waals surface area contributed by atoms with Crippen LogP contribution in [-0.4, -0.2) is 57.5 Å². The third-order valence-electron chi connectivity index (χ3n) is 6.11. The van der Waals surface area contributed by atoms with Crippen LogP contribution in [-0.2, 0) is 21.4 Å². The van der Waals surface area contributed by atoms with Crippen molar-refractivity contribution in [1.29, 1.82) is 0 Å². The molecule has 1 aliphatic heterocycles. The van der Waals surface area contributed by atoms with Crippen LogP contribution in [0.4, 0.5) is 4.39 Å². The van der Waals surface area contributed by atoms with Crippen LogP contribution in [0.15, 0.2) is 71.6 Å². The fourth-order valence-corrected chi connectivity index (χ4v) is 5.88. The lowest BCUT2D eigenvalue weighted by molar-refractivity contribution is 0.00767. The first-order chi connectivity index (χ1) is 17.3. The number of hydrogen-bond donors (Lipinski definition) is 0. The van der Waals surface area contributed by atoms with Crippen LogP contribution in [0.3, 0.4) is 0 Å². The number of piperazine rings is 1. The zero-order valence-corrected chi connectivity index (χ0v) is 22.1. The predicted octanol–water partition coefficient (Wildman–Crippen LogP) is 5.41. The molecule has 1 heterocycles. The fraction of sp³-hybridized carbons (Fsp3) is 0.308. The molecule has 1 fully saturated rings. The molecule has 192 valence electrons. The van der Waals surface area contributed by atoms with Gasteiger partial charge in [0.05, 0.1) is 29.7 Å². The summed E-state index contributed by atoms with van der Waals surface area (Å²) in [6, 6.07) is 18.7. The lowest BCUT2D eigenvalue weighted by Gasteiger charge is -2.36. The van der Waals surface area contributed by atoms with E-state index >= 15 is 0 Å². The van der Waals surface area contributed by atoms with Gasteiger partial charge in [0.25, 0.3) is 0 Å². The van der Waals surface area contributed by atoms with Gasteiger partial charge in [0.1, 0.15) is 11.6 Å². The van der Waals surface area contributed by atoms with E-state index in [0.29, 0.717) is 44.4 Å². The largest absolute Gasteiger partial charge is 0.497 e. The van der Waals surface area contributed by atoms with Crippen LogP contribution >= 0.6 is 23.2 Å². The monoisotopic (exact) mass is 552 g/mol. The summed E-state index contributed by atoms with van der Waals surface area (Å²) in [4.78, 5) is 2.16. The third-order valence-corrected chi connectivity index (χ3v) is 8.55. The molecule has 1 aliphatic rings. The number of nitrogens with zero attached hydrogens (tertiary/aromatic N) is 2. The maximum Gasteiger partial charge on any atom is 0.243 e. The number of hydrogen-bond acceptors (Lipinski definition) is 5. The summed E-state index contributed by atoms with van der Waals surface area (Å²) in [6.07, 6.45) is -0.243. The summed E-state index contributed by atoms with van der Waals surface area (Å²) in [5.74, 6) is 0.113. The summed E-state index contributed by atoms with van der Waals surface area (Å²) in [5.41, 5.74) is 1.97. The maximum atomic E-state index is 13.5. The molecule has 10 heteroatoms. The average Bonchev–Trinajstić information content (AvgIpc) is 2.89. The van der Waals surface area contributed by atoms with Gasteiger partial charge in [-0.2, -0.15) is 4.31 Å². The van der Waals surface area contributed by atoms with Crippen LogP contribution in [0.5, 0.6) is 5.75 Å². The van der Waals surface area contributed by atoms with E-state index in [1.54, 1.807) is 7.11 Å². The fourth-order valence-electron chi connectivity index (χ4n) is 4.06. The molecule has 0 amide bonds. The number of benzene rings is 3. The molecule has 1 saturated heterocycles. The molecule has 0 spiro atoms. The van der Waals surface area contributed by atoms with Crippen molar-refractivity contribution in [2.75, 3.05) is 39.8 Å². The van der Waals surface area contributed by atoms with E-state index in [1.165, 1.54) is 10.4 Å². The van der Waals surface area contributed by atoms with E-state index in [1.807, 2.05) is 48.5 Å². The van der Waals surface area contributed by atoms with Crippen molar-refractivity contribution in [2.45, 2.75) is 17.6 Å². The van der Waals surface area contributed by atoms with Crippen LogP contribution < -0.4 is 4.74 Å². The van der Waals surface area contributed by atoms with Crippen LogP contribution in [0, 0.1) is 5.82 Å². The topological polar surface area (TPSA) is 59.1 Å². The summed E-state index contributed by atoms with van der Waals surface area (Å²) >= 11 is 11.9. The number of ether oxygens (including phenoxy) is 2. The molecule has 3 aromatic carbocycles. The SMILES string of the molecule is COc1cccc(CO[C@@H](CN2CCN(S(=O)(=O)c3ccc(F)c(Cl)c3)CC2)c2ccc(Cl)cc2)c1. The average molecular weight is 553 g/mol. The van der Waals surface area contributed by atoms with Crippen molar-refractivity contribution in [3.63, 3.8) is 0 Å². The Morgan fingerprint density at radius 3 is 2.36 bits per heavy atom. The van der Waals surface area contributed by atoms with E-state index in [9.17, 15) is 12.8 Å². The van der Waals surface area contributed by atoms with Crippen molar-refractivity contribution in [3.05, 3.63) is 93.7 Å². The Hall–Kier alpha value is -2.20. The molecular weight excluding hydrogens is 526 g/mol. The zero-order chi connectivity index (χ0) is 25.7. The zero-order valence-electron chi connectivity index (χ0n) is 19.7. The Labute approximate surface area is 221 Å². The quantitative estimate of drug-likeness (QED) is 0.355. The van der Waals surface area contributed by atoms with Crippen molar-refractivity contribution in [1.82, 2.24) is 9.21 Å². The molecule has 36 heavy (non-hydrogen) atoms. The minimum Gasteiger partial charge on any atom is -0.497 e. The molecule has 0 N–H and O–H groups in total. The van der Waals surface area contributed by atoms with Crippen molar-refractivity contribution in [2.24, 2.45) is 0 Å². The minimum atomic E-state index is -3.77. The van der Waals surface area contributed by atoms with E-state index in [2.05, 4.69) is 4.90 Å². The Morgan fingerprint density at radius 1 is 0.972 bits per heavy atom. The van der Waals surface area contributed by atoms with Gasteiger partial charge in [0, 0.05) is 37.7 Å². The lowest BCUT2D eigenvalue weighted by atomic mass is 10.1. The standard InChI is InChI=1S/C26H27Cl2FN2O4S/c1-34-22-4-2-3-19(15-22)18-35-26(20-5-7-21(27)8-6-20)17-30-11-13-31(14-12-30)36(32,33)23-9-10-25(29)24(28)16-23/h2-10,15-16,26H,11-14,17-18H2,1H3/t26-/m0/s1. The molecule has 6 nitrogen and oxygen atoms in total. The van der Waals surface area contributed by atoms with E-state index < -0.39 is 15.8 Å². The normalized spacial score (nSPS) is 16.1. The molecule has 4 rings (SSSR count). The molecule has 0 unspecified atom stereocenters. The Kier molecular flexibility index (Phi) is 8.87. The number of halogens is 3. The van der Waals surface area contributed by atoms with Crippen LogP contribution in [0.1, 0.15) is 17.2 Å². The second-order valence-electron chi connectivity index (χ2n) is 8.48. The van der Waals surface area contributed by atoms with Gasteiger partial charge in [-0.25, -0.2) is 12.8 Å². The van der Waals surface area contributed by atoms with Gasteiger partial charge in [0.15, 0.2) is 0 Å². The second-order valence-corrected chi connectivity index (χ2v) is 11.3. The molecule has 3 aromatic rings. The van der Waals surface area contributed by atoms with Gasteiger partial charge in [-0.3, -0.25) is 4.90 Å². The second kappa shape index (κ2) is 11.9. The first-order valence-corrected chi connectivity index (χ1v) is 13.6. The molecule has 0 saturated carbocycles. The molecule has 0 radical (unpaired) electrons. The summed E-state index contributed by atoms with van der Waals surface area (Å²) in [6.45, 7) is 2.65. The number of sulfonamides is 1. The lowest BCUT2D eigenvalue weighted by Crippen LogP contribution is -2.49. The Bertz CT molecular complexity index is 1280. The maximum absolute atomic E-state index is 13.5. The summed E-state index contributed by atoms with van der Waals surface area (Å²) < 4.78 is 52.6. The van der Waals surface area contributed by atoms with Gasteiger partial charge in [-0.15, -0.1) is 0 Å². The van der Waals surface area contributed by atoms with Crippen molar-refractivity contribution in [3.8, 4) is 5.75 Å². The molecule has 1 atom stereocenters. The van der Waals surface area contributed by atoms with Crippen molar-refractivity contribution < 1.29 is 22.3 Å². The molecular formula is C26H27Cl2FN2O4S. The number of methoxy groups -OCH3 is 1. The minimum absolute atomic E-state index is 0.0111. The smallest absolute Gasteiger partial charge is 0.243 e. The van der Waals surface area contributed by atoms with Gasteiger partial charge in [-0.05, 0) is 53.6 Å². The summed E-state index contributed by atoms with van der Waals surface area (Å²) in [5, 5.41) is 0.429. The van der Waals surface area contributed by atoms with E-state index in [0.717, 1.165) is 29.0 Å². The van der Waals surface area contributed by atoms with Gasteiger partial charge >= 0.3 is 0 Å². The molecule has 0 aliphatic carbocycles. The third kappa shape index (κ3) is 6.56. The highest BCUT2D eigenvalue weighted by Gasteiger charge is 2.30. The molecule has 0 aromatic heterocycles. The Balaban J connectivity index is 1.42. The van der Waals surface area contributed by atoms with E-state index in [-0.39, 0.29) is 16.0 Å². The highest BCUT2D eigenvalue weighted by atomic mass is 35.5. The van der Waals surface area contributed by atoms with Gasteiger partial charge in [0.2, 0.25) is 10.0 Å². The van der Waals surface area contributed by atoms with E-state index in [4.69, 9.17) is 32.7 Å². The first kappa shape index (κ1) is 26.9. The van der Waals surface area contributed by atoms with Gasteiger partial charge in [-0.1, -0.05) is 47.5 Å². The highest BCUT2D eigenvalue weighted by Crippen LogP contribution is 2.26. The van der Waals surface area contributed by atoms with Crippen molar-refractivity contribution >= 4 is 33.2 Å². The highest BCUT2D eigenvalue weighted by molar-refractivity contribution is 7.89. The van der Waals surface area contributed by atoms with Gasteiger partial charge < -0.3 is 9.47 Å². The Morgan fingerprint density at radius 2 is 1.69 bits per heavy atom. The van der Waals surface area contributed by atoms with Crippen LogP contribution in [0.2, 0.25) is 10.0 Å². The van der Waals surface area contributed by atoms with Crippen LogP contribution in [0.25, 0.3) is 0 Å². The number of rotatable bonds is 9. The first-order valence-electron chi connectivity index (χ1n) is 11.4. The predicted molar refractivity (Wildman–Crippen MR) is 139 cm³/mol. The summed E-state index contributed by atoms with van der Waals surface area (Å²) in [7, 11) is -2.14.